The Morgan fingerprint density at radius 2 is 0.545 bits per heavy atom. The Hall–Kier alpha value is -2.95. The van der Waals surface area contributed by atoms with Gasteiger partial charge in [-0.2, -0.15) is 109 Å². The maximum absolute atomic E-state index is 8.63. The van der Waals surface area contributed by atoms with Gasteiger partial charge in [0.1, 0.15) is 11.5 Å². The Morgan fingerprint density at radius 1 is 0.386 bits per heavy atom. The summed E-state index contributed by atoms with van der Waals surface area (Å²) in [6, 6.07) is 54.9. The largest absolute Gasteiger partial charge is 2.00 e. The van der Waals surface area contributed by atoms with Gasteiger partial charge in [0.15, 0.2) is 0 Å². The summed E-state index contributed by atoms with van der Waals surface area (Å²) in [6.45, 7) is 10.5. The Bertz CT molecular complexity index is 935. The first-order valence-corrected chi connectivity index (χ1v) is 13.4. The summed E-state index contributed by atoms with van der Waals surface area (Å²) in [7, 11) is 0. The summed E-state index contributed by atoms with van der Waals surface area (Å²) in [6.07, 6.45) is 0. The number of rotatable bonds is 0. The number of phenolic OH excluding ortho intramolecular Hbond substituents is 2. The van der Waals surface area contributed by atoms with Crippen LogP contribution >= 0.6 is 0 Å². The van der Waals surface area contributed by atoms with Crippen molar-refractivity contribution < 1.29 is 63.9 Å². The Morgan fingerprint density at radius 3 is 0.614 bits per heavy atom. The third kappa shape index (κ3) is 58.6. The number of aromatic hydroxyl groups is 2. The molecule has 0 aliphatic rings. The van der Waals surface area contributed by atoms with Crippen molar-refractivity contribution in [2.75, 3.05) is 0 Å². The third-order valence-electron chi connectivity index (χ3n) is 3.33. The quantitative estimate of drug-likeness (QED) is 0.0987. The van der Waals surface area contributed by atoms with Crippen LogP contribution in [0.5, 0.6) is 11.5 Å². The van der Waals surface area contributed by atoms with Crippen molar-refractivity contribution in [3.63, 3.8) is 0 Å². The van der Waals surface area contributed by atoms with Gasteiger partial charge in [-0.05, 0) is 65.8 Å². The van der Waals surface area contributed by atoms with Crippen LogP contribution in [0.4, 0.5) is 0 Å². The summed E-state index contributed by atoms with van der Waals surface area (Å²) < 4.78 is 0. The molecule has 0 aliphatic carbocycles. The molecule has 6 heteroatoms. The summed E-state index contributed by atoms with van der Waals surface area (Å²) in [5.41, 5.74) is -1.00. The van der Waals surface area contributed by atoms with E-state index in [0.29, 0.717) is 11.5 Å². The standard InChI is InChI=1S/2C6H6O.3C6H5.2C4H10O.2Ti/c2*7-6-4-2-1-3-5-6;3*1-2-4-6-5-3-1;2*1-4(2,3)5;;/h2*1-5,7H;3*1-5H;2*5H,1-3H3;;/q;;3*-1;;;;+2. The smallest absolute Gasteiger partial charge is 0.508 e. The molecule has 0 saturated carbocycles. The predicted molar refractivity (Wildman–Crippen MR) is 176 cm³/mol. The van der Waals surface area contributed by atoms with E-state index in [2.05, 4.69) is 18.2 Å². The molecule has 4 nitrogen and oxygen atoms in total. The molecule has 232 valence electrons. The second-order valence-electron chi connectivity index (χ2n) is 10.2. The van der Waals surface area contributed by atoms with Gasteiger partial charge in [0, 0.05) is 21.7 Å². The summed E-state index contributed by atoms with van der Waals surface area (Å²) in [4.78, 5) is 0. The number of para-hydroxylation sites is 2. The predicted octanol–water partition coefficient (Wildman–Crippen LogP) is 8.79. The molecule has 4 N–H and O–H groups in total. The second-order valence-corrected chi connectivity index (χ2v) is 10.2. The molecule has 0 fully saturated rings. The molecule has 0 atom stereocenters. The summed E-state index contributed by atoms with van der Waals surface area (Å²) >= 11 is 0. The number of benzene rings is 5. The molecule has 0 aromatic heterocycles. The summed E-state index contributed by atoms with van der Waals surface area (Å²) in [5, 5.41) is 34.3. The van der Waals surface area contributed by atoms with Crippen LogP contribution in [0.1, 0.15) is 41.5 Å². The zero-order valence-electron chi connectivity index (χ0n) is 26.7. The van der Waals surface area contributed by atoms with E-state index in [1.807, 2.05) is 103 Å². The van der Waals surface area contributed by atoms with Gasteiger partial charge in [0.05, 0.1) is 11.2 Å². The second kappa shape index (κ2) is 33.0. The Kier molecular flexibility index (Phi) is 35.9. The number of hydrogen-bond donors (Lipinski definition) is 4. The van der Waals surface area contributed by atoms with Crippen molar-refractivity contribution in [3.05, 3.63) is 170 Å². The van der Waals surface area contributed by atoms with Crippen LogP contribution in [-0.2, 0) is 43.4 Å². The first-order chi connectivity index (χ1) is 19.8. The number of hydrogen-bond acceptors (Lipinski definition) is 4. The van der Waals surface area contributed by atoms with Gasteiger partial charge in [-0.1, -0.05) is 36.4 Å². The van der Waals surface area contributed by atoms with E-state index in [-0.39, 0.29) is 43.4 Å². The van der Waals surface area contributed by atoms with Crippen molar-refractivity contribution in [1.29, 1.82) is 0 Å². The SMILES string of the molecule is CC(C)(C)O.CC(C)(C)O.Oc1ccccc1.Oc1ccccc1.[Ti+2].[Ti].[c-]1ccccc1.[c-]1ccccc1.[c-]1ccccc1. The minimum Gasteiger partial charge on any atom is -0.508 e. The molecule has 5 aromatic rings. The average molecular weight is 664 g/mol. The van der Waals surface area contributed by atoms with Crippen LogP contribution in [0.3, 0.4) is 0 Å². The van der Waals surface area contributed by atoms with Crippen LogP contribution in [0.2, 0.25) is 0 Å². The van der Waals surface area contributed by atoms with Gasteiger partial charge in [-0.3, -0.25) is 0 Å². The van der Waals surface area contributed by atoms with Gasteiger partial charge in [0.2, 0.25) is 0 Å². The molecule has 0 unspecified atom stereocenters. The monoisotopic (exact) mass is 663 g/mol. The molecule has 0 amide bonds. The van der Waals surface area contributed by atoms with Gasteiger partial charge in [-0.25, -0.2) is 0 Å². The van der Waals surface area contributed by atoms with E-state index in [1.165, 1.54) is 0 Å². The molecular formula is C38H47O4Ti2-. The van der Waals surface area contributed by atoms with Crippen LogP contribution < -0.4 is 0 Å². The van der Waals surface area contributed by atoms with Gasteiger partial charge in [0.25, 0.3) is 0 Å². The van der Waals surface area contributed by atoms with E-state index < -0.39 is 11.2 Å². The molecule has 0 bridgehead atoms. The van der Waals surface area contributed by atoms with E-state index >= 15 is 0 Å². The number of phenols is 2. The maximum Gasteiger partial charge on any atom is 2.00 e. The zero-order chi connectivity index (χ0) is 32.0. The molecular weight excluding hydrogens is 616 g/mol. The topological polar surface area (TPSA) is 80.9 Å². The molecule has 0 spiro atoms. The molecule has 5 aromatic carbocycles. The molecule has 0 radical (unpaired) electrons. The van der Waals surface area contributed by atoms with Crippen molar-refractivity contribution in [1.82, 2.24) is 0 Å². The maximum atomic E-state index is 8.63. The first kappa shape index (κ1) is 48.0. The fraction of sp³-hybridized carbons (Fsp3) is 0.211. The first-order valence-electron chi connectivity index (χ1n) is 13.4. The van der Waals surface area contributed by atoms with Crippen LogP contribution in [0.25, 0.3) is 0 Å². The molecule has 44 heavy (non-hydrogen) atoms. The van der Waals surface area contributed by atoms with Crippen LogP contribution in [-0.4, -0.2) is 31.6 Å². The minimum absolute atomic E-state index is 0. The Labute approximate surface area is 296 Å². The zero-order valence-corrected chi connectivity index (χ0v) is 29.8. The third-order valence-corrected chi connectivity index (χ3v) is 3.33. The van der Waals surface area contributed by atoms with Crippen LogP contribution in [0.15, 0.2) is 152 Å². The van der Waals surface area contributed by atoms with E-state index in [9.17, 15) is 0 Å². The summed E-state index contributed by atoms with van der Waals surface area (Å²) in [5.74, 6) is 0.644. The fourth-order valence-electron chi connectivity index (χ4n) is 1.88. The molecule has 0 heterocycles. The van der Waals surface area contributed by atoms with E-state index in [1.54, 1.807) is 90.1 Å². The van der Waals surface area contributed by atoms with Crippen molar-refractivity contribution in [2.45, 2.75) is 52.7 Å². The van der Waals surface area contributed by atoms with E-state index in [0.717, 1.165) is 0 Å². The Balaban J connectivity index is -0.000000211. The van der Waals surface area contributed by atoms with Crippen molar-refractivity contribution in [2.24, 2.45) is 0 Å². The molecule has 0 saturated heterocycles. The normalized spacial score (nSPS) is 8.73. The minimum atomic E-state index is -0.500. The number of aliphatic hydroxyl groups is 2. The van der Waals surface area contributed by atoms with Gasteiger partial charge < -0.3 is 20.4 Å². The van der Waals surface area contributed by atoms with Crippen molar-refractivity contribution >= 4 is 0 Å². The molecule has 0 aliphatic heterocycles. The van der Waals surface area contributed by atoms with Gasteiger partial charge >= 0.3 is 21.7 Å². The van der Waals surface area contributed by atoms with Crippen molar-refractivity contribution in [3.8, 4) is 11.5 Å². The fourth-order valence-corrected chi connectivity index (χ4v) is 1.88. The van der Waals surface area contributed by atoms with Gasteiger partial charge in [-0.15, -0.1) is 0 Å². The molecule has 5 rings (SSSR count). The van der Waals surface area contributed by atoms with Crippen LogP contribution in [0, 0.1) is 18.2 Å². The average Bonchev–Trinajstić information content (AvgIpc) is 2.96. The van der Waals surface area contributed by atoms with E-state index in [4.69, 9.17) is 20.4 Å².